The molecular weight excluding hydrogens is 321 g/mol. The number of carbonyl (C=O) groups is 1. The molecule has 2 N–H and O–H groups in total. The number of amides is 1. The predicted molar refractivity (Wildman–Crippen MR) is 95.8 cm³/mol. The van der Waals surface area contributed by atoms with E-state index in [2.05, 4.69) is 16.3 Å². The zero-order valence-corrected chi connectivity index (χ0v) is 14.3. The van der Waals surface area contributed by atoms with Gasteiger partial charge in [0.1, 0.15) is 11.6 Å². The van der Waals surface area contributed by atoms with Gasteiger partial charge in [0, 0.05) is 11.8 Å². The average Bonchev–Trinajstić information content (AvgIpc) is 2.64. The van der Waals surface area contributed by atoms with Crippen LogP contribution in [0.1, 0.15) is 0 Å². The Morgan fingerprint density at radius 3 is 2.68 bits per heavy atom. The molecule has 0 bridgehead atoms. The molecule has 3 rings (SSSR count). The third-order valence-corrected chi connectivity index (χ3v) is 4.45. The third-order valence-electron chi connectivity index (χ3n) is 4.45. The van der Waals surface area contributed by atoms with Crippen LogP contribution in [0.25, 0.3) is 0 Å². The van der Waals surface area contributed by atoms with Crippen molar-refractivity contribution >= 4 is 17.3 Å². The molecule has 0 aliphatic carbocycles. The van der Waals surface area contributed by atoms with Crippen LogP contribution >= 0.6 is 0 Å². The molecule has 0 saturated carbocycles. The molecule has 0 atom stereocenters. The zero-order valence-electron chi connectivity index (χ0n) is 14.3. The summed E-state index contributed by atoms with van der Waals surface area (Å²) in [5.41, 5.74) is 1.37. The number of para-hydroxylation sites is 1. The van der Waals surface area contributed by atoms with Gasteiger partial charge in [-0.05, 0) is 24.3 Å². The van der Waals surface area contributed by atoms with Crippen molar-refractivity contribution in [3.8, 4) is 5.75 Å². The van der Waals surface area contributed by atoms with E-state index in [-0.39, 0.29) is 11.6 Å². The van der Waals surface area contributed by atoms with Crippen LogP contribution in [-0.2, 0) is 4.79 Å². The van der Waals surface area contributed by atoms with Gasteiger partial charge in [0.05, 0.1) is 39.0 Å². The Kier molecular flexibility index (Phi) is 5.50. The first-order chi connectivity index (χ1) is 12.2. The maximum atomic E-state index is 13.6. The van der Waals surface area contributed by atoms with Crippen molar-refractivity contribution in [1.82, 2.24) is 0 Å². The van der Waals surface area contributed by atoms with Gasteiger partial charge in [-0.2, -0.15) is 0 Å². The largest absolute Gasteiger partial charge is 0.497 e. The van der Waals surface area contributed by atoms with Crippen molar-refractivity contribution in [1.29, 1.82) is 0 Å². The summed E-state index contributed by atoms with van der Waals surface area (Å²) < 4.78 is 18.9. The van der Waals surface area contributed by atoms with Crippen molar-refractivity contribution < 1.29 is 18.8 Å². The molecule has 6 heteroatoms. The number of nitrogens with zero attached hydrogens (tertiary/aromatic N) is 1. The van der Waals surface area contributed by atoms with Crippen LogP contribution in [0.2, 0.25) is 0 Å². The highest BCUT2D eigenvalue weighted by atomic mass is 19.1. The Labute approximate surface area is 147 Å². The van der Waals surface area contributed by atoms with Crippen LogP contribution in [-0.4, -0.2) is 45.7 Å². The number of quaternary nitrogens is 1. The van der Waals surface area contributed by atoms with Gasteiger partial charge < -0.3 is 19.9 Å². The lowest BCUT2D eigenvalue weighted by Gasteiger charge is -2.33. The van der Waals surface area contributed by atoms with E-state index in [4.69, 9.17) is 4.74 Å². The van der Waals surface area contributed by atoms with Crippen LogP contribution < -0.4 is 19.9 Å². The molecule has 1 aliphatic rings. The van der Waals surface area contributed by atoms with E-state index in [1.165, 1.54) is 11.0 Å². The summed E-state index contributed by atoms with van der Waals surface area (Å²) >= 11 is 0. The van der Waals surface area contributed by atoms with Crippen molar-refractivity contribution in [2.45, 2.75) is 0 Å². The predicted octanol–water partition coefficient (Wildman–Crippen LogP) is 1.18. The Hall–Kier alpha value is -2.60. The van der Waals surface area contributed by atoms with Gasteiger partial charge in [-0.15, -0.1) is 0 Å². The SMILES string of the molecule is COc1cccc(N2CC[NH+](CC(=O)Nc3ccccc3F)CC2)c1. The third kappa shape index (κ3) is 4.48. The molecule has 2 aromatic rings. The molecule has 0 aromatic heterocycles. The molecule has 5 nitrogen and oxygen atoms in total. The second-order valence-electron chi connectivity index (χ2n) is 6.14. The molecule has 2 aromatic carbocycles. The normalized spacial score (nSPS) is 15.0. The fourth-order valence-corrected chi connectivity index (χ4v) is 3.05. The first kappa shape index (κ1) is 17.2. The topological polar surface area (TPSA) is 46.0 Å². The zero-order chi connectivity index (χ0) is 17.6. The maximum Gasteiger partial charge on any atom is 0.279 e. The van der Waals surface area contributed by atoms with E-state index in [9.17, 15) is 9.18 Å². The summed E-state index contributed by atoms with van der Waals surface area (Å²) in [7, 11) is 1.66. The van der Waals surface area contributed by atoms with Crippen molar-refractivity contribution in [3.05, 3.63) is 54.3 Å². The Morgan fingerprint density at radius 2 is 1.96 bits per heavy atom. The Bertz CT molecular complexity index is 730. The van der Waals surface area contributed by atoms with Crippen LogP contribution in [0.5, 0.6) is 5.75 Å². The minimum Gasteiger partial charge on any atom is -0.497 e. The second kappa shape index (κ2) is 7.98. The number of piperazine rings is 1. The van der Waals surface area contributed by atoms with E-state index in [0.717, 1.165) is 37.6 Å². The molecule has 1 aliphatic heterocycles. The molecule has 1 saturated heterocycles. The first-order valence-corrected chi connectivity index (χ1v) is 8.42. The molecule has 132 valence electrons. The first-order valence-electron chi connectivity index (χ1n) is 8.42. The molecule has 25 heavy (non-hydrogen) atoms. The number of carbonyl (C=O) groups excluding carboxylic acids is 1. The van der Waals surface area contributed by atoms with Crippen molar-refractivity contribution in [2.24, 2.45) is 0 Å². The number of hydrogen-bond acceptors (Lipinski definition) is 3. The minimum atomic E-state index is -0.409. The lowest BCUT2D eigenvalue weighted by Crippen LogP contribution is -3.15. The highest BCUT2D eigenvalue weighted by molar-refractivity contribution is 5.91. The van der Waals surface area contributed by atoms with Gasteiger partial charge in [-0.25, -0.2) is 4.39 Å². The molecule has 1 heterocycles. The highest BCUT2D eigenvalue weighted by Gasteiger charge is 2.22. The van der Waals surface area contributed by atoms with Gasteiger partial charge in [-0.3, -0.25) is 4.79 Å². The fraction of sp³-hybridized carbons (Fsp3) is 0.316. The number of ether oxygens (including phenoxy) is 1. The summed E-state index contributed by atoms with van der Waals surface area (Å²) in [5.74, 6) is 0.278. The molecule has 0 radical (unpaired) electrons. The molecule has 0 spiro atoms. The Balaban J connectivity index is 1.50. The monoisotopic (exact) mass is 344 g/mol. The highest BCUT2D eigenvalue weighted by Crippen LogP contribution is 2.20. The summed E-state index contributed by atoms with van der Waals surface area (Å²) in [6.45, 7) is 3.81. The smallest absolute Gasteiger partial charge is 0.279 e. The molecule has 0 unspecified atom stereocenters. The van der Waals surface area contributed by atoms with E-state index in [0.29, 0.717) is 6.54 Å². The van der Waals surface area contributed by atoms with Gasteiger partial charge in [0.15, 0.2) is 6.54 Å². The number of rotatable bonds is 5. The lowest BCUT2D eigenvalue weighted by molar-refractivity contribution is -0.892. The quantitative estimate of drug-likeness (QED) is 0.856. The maximum absolute atomic E-state index is 13.6. The molecule has 1 fully saturated rings. The fourth-order valence-electron chi connectivity index (χ4n) is 3.05. The van der Waals surface area contributed by atoms with Gasteiger partial charge in [0.25, 0.3) is 5.91 Å². The number of nitrogens with one attached hydrogen (secondary N) is 2. The second-order valence-corrected chi connectivity index (χ2v) is 6.14. The standard InChI is InChI=1S/C19H22FN3O2/c1-25-16-6-4-5-15(13-16)23-11-9-22(10-12-23)14-19(24)21-18-8-3-2-7-17(18)20/h2-8,13H,9-12,14H2,1H3,(H,21,24)/p+1. The van der Waals surface area contributed by atoms with Crippen molar-refractivity contribution in [3.63, 3.8) is 0 Å². The number of benzene rings is 2. The van der Waals surface area contributed by atoms with Crippen LogP contribution in [0.15, 0.2) is 48.5 Å². The lowest BCUT2D eigenvalue weighted by atomic mass is 10.2. The summed E-state index contributed by atoms with van der Waals surface area (Å²) in [6, 6.07) is 14.2. The molecular formula is C19H23FN3O2+. The number of hydrogen-bond donors (Lipinski definition) is 2. The summed E-state index contributed by atoms with van der Waals surface area (Å²) in [5, 5.41) is 2.65. The van der Waals surface area contributed by atoms with E-state index in [1.807, 2.05) is 18.2 Å². The Morgan fingerprint density at radius 1 is 1.20 bits per heavy atom. The van der Waals surface area contributed by atoms with Gasteiger partial charge in [0.2, 0.25) is 0 Å². The van der Waals surface area contributed by atoms with Gasteiger partial charge >= 0.3 is 0 Å². The summed E-state index contributed by atoms with van der Waals surface area (Å²) in [4.78, 5) is 15.6. The van der Waals surface area contributed by atoms with Crippen LogP contribution in [0.3, 0.4) is 0 Å². The van der Waals surface area contributed by atoms with E-state index < -0.39 is 5.82 Å². The molecule has 1 amide bonds. The average molecular weight is 344 g/mol. The van der Waals surface area contributed by atoms with Gasteiger partial charge in [-0.1, -0.05) is 18.2 Å². The summed E-state index contributed by atoms with van der Waals surface area (Å²) in [6.07, 6.45) is 0. The number of methoxy groups -OCH3 is 1. The number of halogens is 1. The van der Waals surface area contributed by atoms with E-state index >= 15 is 0 Å². The van der Waals surface area contributed by atoms with E-state index in [1.54, 1.807) is 25.3 Å². The number of anilines is 2. The van der Waals surface area contributed by atoms with Crippen molar-refractivity contribution in [2.75, 3.05) is 50.1 Å². The van der Waals surface area contributed by atoms with Crippen LogP contribution in [0, 0.1) is 5.82 Å². The minimum absolute atomic E-state index is 0.157. The van der Waals surface area contributed by atoms with Crippen LogP contribution in [0.4, 0.5) is 15.8 Å².